The summed E-state index contributed by atoms with van der Waals surface area (Å²) < 4.78 is 7.86. The van der Waals surface area contributed by atoms with Gasteiger partial charge in [-0.3, -0.25) is 4.79 Å². The molecule has 0 saturated heterocycles. The summed E-state index contributed by atoms with van der Waals surface area (Å²) >= 11 is 0. The van der Waals surface area contributed by atoms with Crippen LogP contribution in [-0.4, -0.2) is 40.3 Å². The van der Waals surface area contributed by atoms with Crippen LogP contribution >= 0.6 is 0 Å². The van der Waals surface area contributed by atoms with Gasteiger partial charge in [0, 0.05) is 31.0 Å². The van der Waals surface area contributed by atoms with Crippen molar-refractivity contribution in [3.05, 3.63) is 102 Å². The number of amides is 1. The highest BCUT2D eigenvalue weighted by Gasteiger charge is 2.08. The number of benzene rings is 2. The molecule has 0 aliphatic heterocycles. The van der Waals surface area contributed by atoms with Crippen molar-refractivity contribution in [3.63, 3.8) is 0 Å². The lowest BCUT2D eigenvalue weighted by Gasteiger charge is -2.16. The average molecular weight is 443 g/mol. The van der Waals surface area contributed by atoms with Gasteiger partial charge in [-0.1, -0.05) is 36.4 Å². The normalized spacial score (nSPS) is 11.1. The Bertz CT molecular complexity index is 1190. The summed E-state index contributed by atoms with van der Waals surface area (Å²) in [6.45, 7) is 4.89. The minimum absolute atomic E-state index is 0.0666. The first-order valence-corrected chi connectivity index (χ1v) is 11.3. The molecule has 0 atom stereocenters. The average Bonchev–Trinajstić information content (AvgIpc) is 3.26. The van der Waals surface area contributed by atoms with E-state index in [0.717, 1.165) is 36.4 Å². The first kappa shape index (κ1) is 22.6. The molecule has 2 aromatic heterocycles. The van der Waals surface area contributed by atoms with Gasteiger partial charge in [0.25, 0.3) is 5.91 Å². The molecule has 2 heterocycles. The summed E-state index contributed by atoms with van der Waals surface area (Å²) in [7, 11) is 2.10. The molecule has 0 fully saturated rings. The molecule has 1 amide bonds. The first-order chi connectivity index (χ1) is 16.1. The number of aryl methyl sites for hydroxylation is 1. The van der Waals surface area contributed by atoms with Gasteiger partial charge in [0.1, 0.15) is 18.0 Å². The van der Waals surface area contributed by atoms with E-state index in [1.807, 2.05) is 54.0 Å². The lowest BCUT2D eigenvalue weighted by Crippen LogP contribution is -2.28. The van der Waals surface area contributed by atoms with Crippen LogP contribution < -0.4 is 10.1 Å². The van der Waals surface area contributed by atoms with Gasteiger partial charge >= 0.3 is 0 Å². The summed E-state index contributed by atoms with van der Waals surface area (Å²) in [4.78, 5) is 19.3. The molecule has 0 unspecified atom stereocenters. The molecule has 33 heavy (non-hydrogen) atoms. The van der Waals surface area contributed by atoms with E-state index in [1.54, 1.807) is 12.1 Å². The van der Waals surface area contributed by atoms with Crippen molar-refractivity contribution >= 4 is 11.6 Å². The second-order valence-corrected chi connectivity index (χ2v) is 8.30. The Balaban J connectivity index is 1.19. The van der Waals surface area contributed by atoms with Crippen LogP contribution in [0.4, 0.5) is 0 Å². The van der Waals surface area contributed by atoms with Crippen LogP contribution in [0.3, 0.4) is 0 Å². The third-order valence-electron chi connectivity index (χ3n) is 5.53. The third-order valence-corrected chi connectivity index (χ3v) is 5.53. The number of nitrogens with one attached hydrogen (secondary N) is 1. The molecule has 2 aromatic carbocycles. The number of rotatable bonds is 10. The number of carbonyl (C=O) groups is 1. The number of ether oxygens (including phenoxy) is 1. The highest BCUT2D eigenvalue weighted by Crippen LogP contribution is 2.16. The number of fused-ring (bicyclic) bond motifs is 1. The van der Waals surface area contributed by atoms with E-state index in [1.165, 1.54) is 5.56 Å². The molecular weight excluding hydrogens is 412 g/mol. The molecule has 4 aromatic rings. The van der Waals surface area contributed by atoms with E-state index in [2.05, 4.69) is 46.5 Å². The summed E-state index contributed by atoms with van der Waals surface area (Å²) in [5.74, 6) is 0.644. The molecular formula is C27H30N4O2. The molecule has 170 valence electrons. The van der Waals surface area contributed by atoms with Crippen LogP contribution in [0.1, 0.15) is 33.6 Å². The molecule has 4 rings (SSSR count). The van der Waals surface area contributed by atoms with Gasteiger partial charge in [-0.05, 0) is 68.4 Å². The van der Waals surface area contributed by atoms with Crippen molar-refractivity contribution < 1.29 is 9.53 Å². The van der Waals surface area contributed by atoms with E-state index >= 15 is 0 Å². The number of imidazole rings is 1. The van der Waals surface area contributed by atoms with Crippen molar-refractivity contribution in [2.75, 3.05) is 20.1 Å². The third kappa shape index (κ3) is 6.20. The highest BCUT2D eigenvalue weighted by molar-refractivity contribution is 5.94. The molecule has 0 bridgehead atoms. The van der Waals surface area contributed by atoms with E-state index in [0.29, 0.717) is 24.5 Å². The molecule has 0 aliphatic carbocycles. The fraction of sp³-hybridized carbons (Fsp3) is 0.259. The number of pyridine rings is 1. The van der Waals surface area contributed by atoms with Crippen molar-refractivity contribution in [1.82, 2.24) is 19.6 Å². The Kier molecular flexibility index (Phi) is 7.37. The van der Waals surface area contributed by atoms with Crippen LogP contribution in [0.5, 0.6) is 5.75 Å². The standard InChI is InChI=1S/C27H30N4O2/c1-21-8-6-17-31-19-24(29-26(21)31)20-33-25-13-11-23(12-14-25)27(32)28-15-7-16-30(2)18-22-9-4-3-5-10-22/h3-6,8-14,17,19H,7,15-16,18,20H2,1-2H3,(H,28,32). The van der Waals surface area contributed by atoms with Crippen molar-refractivity contribution in [2.24, 2.45) is 0 Å². The maximum atomic E-state index is 12.4. The van der Waals surface area contributed by atoms with Crippen molar-refractivity contribution in [2.45, 2.75) is 26.5 Å². The summed E-state index contributed by atoms with van der Waals surface area (Å²) in [5.41, 5.74) is 4.85. The molecule has 0 aliphatic rings. The number of hydrogen-bond acceptors (Lipinski definition) is 4. The highest BCUT2D eigenvalue weighted by atomic mass is 16.5. The second-order valence-electron chi connectivity index (χ2n) is 8.30. The van der Waals surface area contributed by atoms with Crippen molar-refractivity contribution in [1.29, 1.82) is 0 Å². The van der Waals surface area contributed by atoms with Crippen LogP contribution in [0.2, 0.25) is 0 Å². The number of hydrogen-bond donors (Lipinski definition) is 1. The fourth-order valence-corrected chi connectivity index (χ4v) is 3.76. The first-order valence-electron chi connectivity index (χ1n) is 11.3. The molecule has 0 saturated carbocycles. The summed E-state index contributed by atoms with van der Waals surface area (Å²) in [6.07, 6.45) is 4.85. The number of nitrogens with zero attached hydrogens (tertiary/aromatic N) is 3. The monoisotopic (exact) mass is 442 g/mol. The zero-order valence-corrected chi connectivity index (χ0v) is 19.2. The minimum Gasteiger partial charge on any atom is -0.487 e. The predicted molar refractivity (Wildman–Crippen MR) is 130 cm³/mol. The molecule has 0 spiro atoms. The van der Waals surface area contributed by atoms with Gasteiger partial charge in [0.2, 0.25) is 0 Å². The molecule has 6 heteroatoms. The van der Waals surface area contributed by atoms with Crippen LogP contribution in [0, 0.1) is 6.92 Å². The zero-order valence-electron chi connectivity index (χ0n) is 19.2. The lowest BCUT2D eigenvalue weighted by atomic mass is 10.2. The van der Waals surface area contributed by atoms with Gasteiger partial charge in [-0.25, -0.2) is 4.98 Å². The lowest BCUT2D eigenvalue weighted by molar-refractivity contribution is 0.0952. The Hall–Kier alpha value is -3.64. The fourth-order valence-electron chi connectivity index (χ4n) is 3.76. The smallest absolute Gasteiger partial charge is 0.251 e. The Morgan fingerprint density at radius 2 is 1.85 bits per heavy atom. The maximum absolute atomic E-state index is 12.4. The van der Waals surface area contributed by atoms with Gasteiger partial charge in [0.15, 0.2) is 0 Å². The molecule has 0 radical (unpaired) electrons. The maximum Gasteiger partial charge on any atom is 0.251 e. The summed E-state index contributed by atoms with van der Waals surface area (Å²) in [6, 6.07) is 21.7. The SMILES string of the molecule is Cc1cccn2cc(COc3ccc(C(=O)NCCCN(C)Cc4ccccc4)cc3)nc12. The topological polar surface area (TPSA) is 58.9 Å². The predicted octanol–water partition coefficient (Wildman–Crippen LogP) is 4.47. The van der Waals surface area contributed by atoms with E-state index in [9.17, 15) is 4.79 Å². The van der Waals surface area contributed by atoms with Crippen LogP contribution in [0.25, 0.3) is 5.65 Å². The van der Waals surface area contributed by atoms with Crippen LogP contribution in [0.15, 0.2) is 79.1 Å². The van der Waals surface area contributed by atoms with E-state index in [-0.39, 0.29) is 5.91 Å². The van der Waals surface area contributed by atoms with E-state index < -0.39 is 0 Å². The van der Waals surface area contributed by atoms with Gasteiger partial charge in [-0.2, -0.15) is 0 Å². The molecule has 6 nitrogen and oxygen atoms in total. The Labute approximate surface area is 194 Å². The number of carbonyl (C=O) groups excluding carboxylic acids is 1. The quantitative estimate of drug-likeness (QED) is 0.368. The largest absolute Gasteiger partial charge is 0.487 e. The van der Waals surface area contributed by atoms with Crippen molar-refractivity contribution in [3.8, 4) is 5.75 Å². The van der Waals surface area contributed by atoms with Gasteiger partial charge in [0.05, 0.1) is 5.69 Å². The number of aromatic nitrogens is 2. The zero-order chi connectivity index (χ0) is 23.0. The second kappa shape index (κ2) is 10.8. The molecule has 1 N–H and O–H groups in total. The van der Waals surface area contributed by atoms with Gasteiger partial charge in [-0.15, -0.1) is 0 Å². The Morgan fingerprint density at radius 3 is 2.61 bits per heavy atom. The Morgan fingerprint density at radius 1 is 1.06 bits per heavy atom. The van der Waals surface area contributed by atoms with Gasteiger partial charge < -0.3 is 19.4 Å². The van der Waals surface area contributed by atoms with E-state index in [4.69, 9.17) is 4.74 Å². The minimum atomic E-state index is -0.0666. The summed E-state index contributed by atoms with van der Waals surface area (Å²) in [5, 5.41) is 3.00. The van der Waals surface area contributed by atoms with Crippen LogP contribution in [-0.2, 0) is 13.2 Å².